The molecule has 0 aliphatic carbocycles. The molecular weight excluding hydrogens is 366 g/mol. The van der Waals surface area contributed by atoms with Gasteiger partial charge in [0, 0.05) is 5.56 Å². The van der Waals surface area contributed by atoms with Crippen molar-refractivity contribution in [1.82, 2.24) is 15.5 Å². The zero-order chi connectivity index (χ0) is 18.6. The molecule has 0 spiro atoms. The van der Waals surface area contributed by atoms with Crippen molar-refractivity contribution in [3.63, 3.8) is 0 Å². The fraction of sp³-hybridized carbons (Fsp3) is 0.105. The van der Waals surface area contributed by atoms with Crippen LogP contribution >= 0.6 is 11.3 Å². The van der Waals surface area contributed by atoms with Crippen molar-refractivity contribution in [3.8, 4) is 27.9 Å². The second kappa shape index (κ2) is 7.46. The molecular formula is C19H15N3O4S. The van der Waals surface area contributed by atoms with Gasteiger partial charge in [-0.1, -0.05) is 5.16 Å². The van der Waals surface area contributed by atoms with E-state index in [-0.39, 0.29) is 5.91 Å². The first-order valence-electron chi connectivity index (χ1n) is 8.12. The van der Waals surface area contributed by atoms with Crippen molar-refractivity contribution in [2.45, 2.75) is 6.54 Å². The second-order valence-electron chi connectivity index (χ2n) is 5.58. The summed E-state index contributed by atoms with van der Waals surface area (Å²) in [7, 11) is 1.61. The third-order valence-electron chi connectivity index (χ3n) is 3.82. The lowest BCUT2D eigenvalue weighted by Gasteiger charge is -2.00. The number of ether oxygens (including phenoxy) is 1. The van der Waals surface area contributed by atoms with Gasteiger partial charge in [-0.15, -0.1) is 11.3 Å². The van der Waals surface area contributed by atoms with Crippen LogP contribution in [0.1, 0.15) is 15.4 Å². The van der Waals surface area contributed by atoms with E-state index < -0.39 is 0 Å². The molecule has 7 nitrogen and oxygen atoms in total. The van der Waals surface area contributed by atoms with Gasteiger partial charge >= 0.3 is 0 Å². The van der Waals surface area contributed by atoms with Crippen LogP contribution in [0.15, 0.2) is 63.7 Å². The van der Waals surface area contributed by atoms with Crippen LogP contribution < -0.4 is 10.1 Å². The third-order valence-corrected chi connectivity index (χ3v) is 4.90. The molecule has 1 amide bonds. The van der Waals surface area contributed by atoms with Crippen molar-refractivity contribution in [2.75, 3.05) is 7.11 Å². The molecule has 3 heterocycles. The molecule has 1 aromatic carbocycles. The average Bonchev–Trinajstić information content (AvgIpc) is 3.47. The fourth-order valence-corrected chi connectivity index (χ4v) is 3.27. The van der Waals surface area contributed by atoms with Crippen LogP contribution in [0.5, 0.6) is 5.75 Å². The summed E-state index contributed by atoms with van der Waals surface area (Å²) in [5, 5.41) is 6.82. The molecule has 4 rings (SSSR count). The number of hydrogen-bond acceptors (Lipinski definition) is 7. The van der Waals surface area contributed by atoms with Crippen LogP contribution in [0.4, 0.5) is 0 Å². The third kappa shape index (κ3) is 3.75. The van der Waals surface area contributed by atoms with E-state index in [1.54, 1.807) is 37.6 Å². The maximum Gasteiger partial charge on any atom is 0.261 e. The highest BCUT2D eigenvalue weighted by molar-refractivity contribution is 7.17. The largest absolute Gasteiger partial charge is 0.497 e. The van der Waals surface area contributed by atoms with Crippen LogP contribution in [0.3, 0.4) is 0 Å². The number of furan rings is 1. The highest BCUT2D eigenvalue weighted by atomic mass is 32.1. The lowest BCUT2D eigenvalue weighted by molar-refractivity contribution is 0.0952. The van der Waals surface area contributed by atoms with Gasteiger partial charge < -0.3 is 19.0 Å². The van der Waals surface area contributed by atoms with Crippen LogP contribution in [-0.4, -0.2) is 23.2 Å². The standard InChI is InChI=1S/C19H15N3O4S/c1-24-13-6-4-12(5-7-13)19-21-17(22-26-19)15-8-9-16(27-15)18(23)20-11-14-3-2-10-25-14/h2-10H,11H2,1H3,(H,20,23). The Bertz CT molecular complexity index is 1040. The molecule has 0 aliphatic rings. The number of benzene rings is 1. The first-order valence-corrected chi connectivity index (χ1v) is 8.93. The van der Waals surface area contributed by atoms with E-state index in [2.05, 4.69) is 15.5 Å². The van der Waals surface area contributed by atoms with Gasteiger partial charge in [-0.05, 0) is 48.5 Å². The maximum absolute atomic E-state index is 12.3. The summed E-state index contributed by atoms with van der Waals surface area (Å²) < 4.78 is 15.7. The molecule has 0 bridgehead atoms. The molecule has 0 radical (unpaired) electrons. The summed E-state index contributed by atoms with van der Waals surface area (Å²) in [6.45, 7) is 0.336. The van der Waals surface area contributed by atoms with Crippen molar-refractivity contribution in [1.29, 1.82) is 0 Å². The zero-order valence-corrected chi connectivity index (χ0v) is 15.2. The minimum Gasteiger partial charge on any atom is -0.497 e. The summed E-state index contributed by atoms with van der Waals surface area (Å²) in [5.74, 6) is 2.12. The number of rotatable bonds is 6. The molecule has 4 aromatic rings. The smallest absolute Gasteiger partial charge is 0.261 e. The Balaban J connectivity index is 1.46. The fourth-order valence-electron chi connectivity index (χ4n) is 2.42. The predicted octanol–water partition coefficient (Wildman–Crippen LogP) is 4.00. The molecule has 0 unspecified atom stereocenters. The van der Waals surface area contributed by atoms with E-state index in [4.69, 9.17) is 13.7 Å². The maximum atomic E-state index is 12.3. The Morgan fingerprint density at radius 3 is 2.78 bits per heavy atom. The number of amides is 1. The van der Waals surface area contributed by atoms with Gasteiger partial charge in [0.15, 0.2) is 0 Å². The SMILES string of the molecule is COc1ccc(-c2nc(-c3ccc(C(=O)NCc4ccco4)s3)no2)cc1. The van der Waals surface area contributed by atoms with Crippen molar-refractivity contribution >= 4 is 17.2 Å². The zero-order valence-electron chi connectivity index (χ0n) is 14.3. The van der Waals surface area contributed by atoms with Gasteiger partial charge in [-0.2, -0.15) is 4.98 Å². The minimum atomic E-state index is -0.179. The molecule has 27 heavy (non-hydrogen) atoms. The highest BCUT2D eigenvalue weighted by Gasteiger charge is 2.15. The van der Waals surface area contributed by atoms with Gasteiger partial charge in [0.1, 0.15) is 11.5 Å². The topological polar surface area (TPSA) is 90.4 Å². The van der Waals surface area contributed by atoms with E-state index in [9.17, 15) is 4.79 Å². The Labute approximate surface area is 158 Å². The summed E-state index contributed by atoms with van der Waals surface area (Å²) in [6, 6.07) is 14.5. The highest BCUT2D eigenvalue weighted by Crippen LogP contribution is 2.28. The minimum absolute atomic E-state index is 0.179. The van der Waals surface area contributed by atoms with Gasteiger partial charge in [0.25, 0.3) is 11.8 Å². The number of methoxy groups -OCH3 is 1. The normalized spacial score (nSPS) is 10.7. The van der Waals surface area contributed by atoms with Gasteiger partial charge in [0.05, 0.1) is 29.7 Å². The Hall–Kier alpha value is -3.39. The van der Waals surface area contributed by atoms with E-state index in [0.29, 0.717) is 28.9 Å². The van der Waals surface area contributed by atoms with Gasteiger partial charge in [-0.25, -0.2) is 0 Å². The molecule has 1 N–H and O–H groups in total. The summed E-state index contributed by atoms with van der Waals surface area (Å²) in [5.41, 5.74) is 0.794. The first kappa shape index (κ1) is 17.0. The summed E-state index contributed by atoms with van der Waals surface area (Å²) >= 11 is 1.30. The molecule has 3 aromatic heterocycles. The molecule has 0 saturated heterocycles. The number of thiophene rings is 1. The van der Waals surface area contributed by atoms with Crippen LogP contribution in [0, 0.1) is 0 Å². The number of hydrogen-bond donors (Lipinski definition) is 1. The van der Waals surface area contributed by atoms with Gasteiger partial charge in [-0.3, -0.25) is 4.79 Å². The molecule has 8 heteroatoms. The second-order valence-corrected chi connectivity index (χ2v) is 6.66. The van der Waals surface area contributed by atoms with Crippen molar-refractivity contribution in [3.05, 3.63) is 65.4 Å². The molecule has 136 valence electrons. The van der Waals surface area contributed by atoms with E-state index in [1.807, 2.05) is 24.3 Å². The van der Waals surface area contributed by atoms with Crippen molar-refractivity contribution < 1.29 is 18.5 Å². The monoisotopic (exact) mass is 381 g/mol. The molecule has 0 fully saturated rings. The van der Waals surface area contributed by atoms with Crippen LogP contribution in [0.25, 0.3) is 22.2 Å². The Morgan fingerprint density at radius 1 is 1.19 bits per heavy atom. The number of carbonyl (C=O) groups excluding carboxylic acids is 1. The van der Waals surface area contributed by atoms with Crippen LogP contribution in [0.2, 0.25) is 0 Å². The van der Waals surface area contributed by atoms with E-state index in [0.717, 1.165) is 16.2 Å². The van der Waals surface area contributed by atoms with Crippen LogP contribution in [-0.2, 0) is 6.54 Å². The molecule has 0 atom stereocenters. The van der Waals surface area contributed by atoms with Gasteiger partial charge in [0.2, 0.25) is 5.82 Å². The van der Waals surface area contributed by atoms with E-state index >= 15 is 0 Å². The first-order chi connectivity index (χ1) is 13.2. The quantitative estimate of drug-likeness (QED) is 0.543. The summed E-state index contributed by atoms with van der Waals surface area (Å²) in [6.07, 6.45) is 1.57. The summed E-state index contributed by atoms with van der Waals surface area (Å²) in [4.78, 5) is 18.0. The Morgan fingerprint density at radius 2 is 2.04 bits per heavy atom. The predicted molar refractivity (Wildman–Crippen MR) is 99.5 cm³/mol. The number of aromatic nitrogens is 2. The van der Waals surface area contributed by atoms with E-state index in [1.165, 1.54) is 11.3 Å². The molecule has 0 aliphatic heterocycles. The van der Waals surface area contributed by atoms with Crippen molar-refractivity contribution in [2.24, 2.45) is 0 Å². The number of nitrogens with zero attached hydrogens (tertiary/aromatic N) is 2. The Kier molecular flexibility index (Phi) is 4.71. The molecule has 0 saturated carbocycles. The lowest BCUT2D eigenvalue weighted by atomic mass is 10.2. The lowest BCUT2D eigenvalue weighted by Crippen LogP contribution is -2.21. The number of carbonyl (C=O) groups is 1. The number of nitrogens with one attached hydrogen (secondary N) is 1. The average molecular weight is 381 g/mol.